The molecule has 1 heterocycles. The summed E-state index contributed by atoms with van der Waals surface area (Å²) in [6, 6.07) is 10.6. The van der Waals surface area contributed by atoms with E-state index in [1.54, 1.807) is 24.3 Å². The van der Waals surface area contributed by atoms with Crippen LogP contribution in [0.15, 0.2) is 47.4 Å². The first-order chi connectivity index (χ1) is 12.8. The Morgan fingerprint density at radius 3 is 2.56 bits per heavy atom. The van der Waals surface area contributed by atoms with E-state index in [0.717, 1.165) is 24.1 Å². The molecule has 2 aromatic rings. The minimum absolute atomic E-state index is 0.0400. The van der Waals surface area contributed by atoms with E-state index in [4.69, 9.17) is 0 Å². The number of benzene rings is 2. The van der Waals surface area contributed by atoms with Gasteiger partial charge in [-0.25, -0.2) is 17.5 Å². The standard InChI is InChI=1S/C20H21FN2O3S/c1-13-10-16-11-18(8-9-19(16)23(13)20(24)15-4-5-15)27(25,26)22-12-14-2-6-17(21)7-3-14/h2-3,6-9,11,13,15,22H,4-5,10,12H2,1H3/t13-/m0/s1. The number of hydrogen-bond acceptors (Lipinski definition) is 3. The van der Waals surface area contributed by atoms with Crippen LogP contribution in [0.3, 0.4) is 0 Å². The molecule has 1 atom stereocenters. The molecule has 1 amide bonds. The molecule has 142 valence electrons. The number of nitrogens with zero attached hydrogens (tertiary/aromatic N) is 1. The SMILES string of the molecule is C[C@H]1Cc2cc(S(=O)(=O)NCc3ccc(F)cc3)ccc2N1C(=O)C1CC1. The molecule has 1 saturated carbocycles. The Kier molecular flexibility index (Phi) is 4.52. The third-order valence-electron chi connectivity index (χ3n) is 5.12. The number of carbonyl (C=O) groups excluding carboxylic acids is 1. The van der Waals surface area contributed by atoms with E-state index in [2.05, 4.69) is 4.72 Å². The highest BCUT2D eigenvalue weighted by atomic mass is 32.2. The Hall–Kier alpha value is -2.25. The van der Waals surface area contributed by atoms with Crippen molar-refractivity contribution in [1.29, 1.82) is 0 Å². The molecule has 7 heteroatoms. The van der Waals surface area contributed by atoms with Crippen LogP contribution in [0.1, 0.15) is 30.9 Å². The van der Waals surface area contributed by atoms with Crippen molar-refractivity contribution >= 4 is 21.6 Å². The van der Waals surface area contributed by atoms with E-state index in [1.807, 2.05) is 11.8 Å². The second-order valence-corrected chi connectivity index (χ2v) is 9.04. The van der Waals surface area contributed by atoms with Crippen molar-refractivity contribution in [1.82, 2.24) is 4.72 Å². The first-order valence-electron chi connectivity index (χ1n) is 9.05. The van der Waals surface area contributed by atoms with E-state index >= 15 is 0 Å². The third-order valence-corrected chi connectivity index (χ3v) is 6.52. The normalized spacial score (nSPS) is 19.2. The van der Waals surface area contributed by atoms with Gasteiger partial charge in [0.1, 0.15) is 5.82 Å². The van der Waals surface area contributed by atoms with Gasteiger partial charge >= 0.3 is 0 Å². The molecule has 4 rings (SSSR count). The van der Waals surface area contributed by atoms with E-state index in [1.165, 1.54) is 18.2 Å². The molecule has 2 aromatic carbocycles. The highest BCUT2D eigenvalue weighted by Crippen LogP contribution is 2.39. The van der Waals surface area contributed by atoms with Crippen LogP contribution >= 0.6 is 0 Å². The number of anilines is 1. The van der Waals surface area contributed by atoms with Crippen LogP contribution in [-0.2, 0) is 27.8 Å². The van der Waals surface area contributed by atoms with Crippen molar-refractivity contribution in [3.05, 3.63) is 59.4 Å². The minimum Gasteiger partial charge on any atom is -0.309 e. The van der Waals surface area contributed by atoms with Gasteiger partial charge in [0, 0.05) is 24.2 Å². The summed E-state index contributed by atoms with van der Waals surface area (Å²) in [7, 11) is -3.70. The lowest BCUT2D eigenvalue weighted by molar-refractivity contribution is -0.120. The van der Waals surface area contributed by atoms with Gasteiger partial charge in [-0.1, -0.05) is 12.1 Å². The Bertz CT molecular complexity index is 985. The summed E-state index contributed by atoms with van der Waals surface area (Å²) in [5, 5.41) is 0. The second kappa shape index (κ2) is 6.73. The highest BCUT2D eigenvalue weighted by Gasteiger charge is 2.39. The Morgan fingerprint density at radius 1 is 1.19 bits per heavy atom. The average molecular weight is 388 g/mol. The van der Waals surface area contributed by atoms with Gasteiger partial charge in [0.15, 0.2) is 0 Å². The molecule has 1 aliphatic heterocycles. The van der Waals surface area contributed by atoms with Crippen molar-refractivity contribution in [3.63, 3.8) is 0 Å². The number of hydrogen-bond donors (Lipinski definition) is 1. The van der Waals surface area contributed by atoms with Gasteiger partial charge < -0.3 is 4.90 Å². The van der Waals surface area contributed by atoms with E-state index in [9.17, 15) is 17.6 Å². The van der Waals surface area contributed by atoms with Gasteiger partial charge in [-0.05, 0) is 67.6 Å². The average Bonchev–Trinajstić information content (AvgIpc) is 3.43. The summed E-state index contributed by atoms with van der Waals surface area (Å²) in [5.41, 5.74) is 2.37. The number of carbonyl (C=O) groups is 1. The van der Waals surface area contributed by atoms with Crippen molar-refractivity contribution in [3.8, 4) is 0 Å². The van der Waals surface area contributed by atoms with Crippen LogP contribution in [0.4, 0.5) is 10.1 Å². The quantitative estimate of drug-likeness (QED) is 0.856. The lowest BCUT2D eigenvalue weighted by atomic mass is 10.1. The van der Waals surface area contributed by atoms with Gasteiger partial charge in [0.2, 0.25) is 15.9 Å². The zero-order valence-electron chi connectivity index (χ0n) is 15.0. The van der Waals surface area contributed by atoms with Gasteiger partial charge in [-0.15, -0.1) is 0 Å². The number of sulfonamides is 1. The lowest BCUT2D eigenvalue weighted by Gasteiger charge is -2.22. The minimum atomic E-state index is -3.70. The zero-order valence-corrected chi connectivity index (χ0v) is 15.8. The van der Waals surface area contributed by atoms with E-state index < -0.39 is 10.0 Å². The third kappa shape index (κ3) is 3.61. The molecule has 0 radical (unpaired) electrons. The van der Waals surface area contributed by atoms with Gasteiger partial charge in [-0.2, -0.15) is 0 Å². The monoisotopic (exact) mass is 388 g/mol. The topological polar surface area (TPSA) is 66.5 Å². The molecule has 1 fully saturated rings. The lowest BCUT2D eigenvalue weighted by Crippen LogP contribution is -2.36. The molecule has 1 aliphatic carbocycles. The van der Waals surface area contributed by atoms with Crippen molar-refractivity contribution in [2.75, 3.05) is 4.90 Å². The summed E-state index contributed by atoms with van der Waals surface area (Å²) in [4.78, 5) is 14.5. The highest BCUT2D eigenvalue weighted by molar-refractivity contribution is 7.89. The van der Waals surface area contributed by atoms with Crippen LogP contribution in [0.5, 0.6) is 0 Å². The number of halogens is 1. The second-order valence-electron chi connectivity index (χ2n) is 7.28. The number of rotatable bonds is 5. The van der Waals surface area contributed by atoms with Gasteiger partial charge in [0.05, 0.1) is 4.90 Å². The van der Waals surface area contributed by atoms with Crippen LogP contribution in [0.2, 0.25) is 0 Å². The van der Waals surface area contributed by atoms with Crippen molar-refractivity contribution in [2.45, 2.75) is 43.7 Å². The largest absolute Gasteiger partial charge is 0.309 e. The van der Waals surface area contributed by atoms with Crippen LogP contribution in [0, 0.1) is 11.7 Å². The molecule has 0 spiro atoms. The van der Waals surface area contributed by atoms with Crippen molar-refractivity contribution < 1.29 is 17.6 Å². The fourth-order valence-corrected chi connectivity index (χ4v) is 4.57. The Labute approximate surface area is 158 Å². The van der Waals surface area contributed by atoms with Gasteiger partial charge in [0.25, 0.3) is 0 Å². The molecule has 0 aromatic heterocycles. The Morgan fingerprint density at radius 2 is 1.89 bits per heavy atom. The van der Waals surface area contributed by atoms with E-state index in [-0.39, 0.29) is 35.1 Å². The fraction of sp³-hybridized carbons (Fsp3) is 0.350. The van der Waals surface area contributed by atoms with Crippen LogP contribution in [-0.4, -0.2) is 20.4 Å². The molecule has 0 unspecified atom stereocenters. The molecule has 1 N–H and O–H groups in total. The molecule has 2 aliphatic rings. The van der Waals surface area contributed by atoms with E-state index in [0.29, 0.717) is 12.0 Å². The van der Waals surface area contributed by atoms with Crippen molar-refractivity contribution in [2.24, 2.45) is 5.92 Å². The number of fused-ring (bicyclic) bond motifs is 1. The summed E-state index contributed by atoms with van der Waals surface area (Å²) < 4.78 is 40.7. The maximum absolute atomic E-state index is 13.0. The molecule has 0 bridgehead atoms. The Balaban J connectivity index is 1.53. The first-order valence-corrected chi connectivity index (χ1v) is 10.5. The summed E-state index contributed by atoms with van der Waals surface area (Å²) in [5.74, 6) is -0.0925. The van der Waals surface area contributed by atoms with Gasteiger partial charge in [-0.3, -0.25) is 4.79 Å². The predicted octanol–water partition coefficient (Wildman–Crippen LogP) is 2.99. The smallest absolute Gasteiger partial charge is 0.240 e. The number of amides is 1. The van der Waals surface area contributed by atoms with Crippen LogP contribution in [0.25, 0.3) is 0 Å². The predicted molar refractivity (Wildman–Crippen MR) is 100 cm³/mol. The first kappa shape index (κ1) is 18.1. The summed E-state index contributed by atoms with van der Waals surface area (Å²) in [6.45, 7) is 2.07. The molecular weight excluding hydrogens is 367 g/mol. The van der Waals surface area contributed by atoms with Crippen LogP contribution < -0.4 is 9.62 Å². The fourth-order valence-electron chi connectivity index (χ4n) is 3.50. The molecule has 5 nitrogen and oxygen atoms in total. The zero-order chi connectivity index (χ0) is 19.2. The number of nitrogens with one attached hydrogen (secondary N) is 1. The maximum atomic E-state index is 13.0. The summed E-state index contributed by atoms with van der Waals surface area (Å²) in [6.07, 6.45) is 2.53. The molecule has 27 heavy (non-hydrogen) atoms. The molecule has 0 saturated heterocycles. The molecular formula is C20H21FN2O3S. The summed E-state index contributed by atoms with van der Waals surface area (Å²) >= 11 is 0. The maximum Gasteiger partial charge on any atom is 0.240 e.